The Morgan fingerprint density at radius 1 is 1.55 bits per heavy atom. The van der Waals surface area contributed by atoms with Gasteiger partial charge in [0.15, 0.2) is 0 Å². The van der Waals surface area contributed by atoms with Crippen LogP contribution in [0.1, 0.15) is 20.3 Å². The highest BCUT2D eigenvalue weighted by Crippen LogP contribution is 2.04. The van der Waals surface area contributed by atoms with E-state index in [9.17, 15) is 4.79 Å². The second kappa shape index (κ2) is 5.27. The average Bonchev–Trinajstić information content (AvgIpc) is 1.86. The molecule has 0 heterocycles. The lowest BCUT2D eigenvalue weighted by molar-refractivity contribution is -0.109. The lowest BCUT2D eigenvalue weighted by Crippen LogP contribution is -2.41. The maximum absolute atomic E-state index is 10.1. The molecule has 0 bridgehead atoms. The minimum Gasteiger partial charge on any atom is -0.316 e. The first-order valence-corrected chi connectivity index (χ1v) is 3.97. The predicted molar refractivity (Wildman–Crippen MR) is 46.1 cm³/mol. The van der Waals surface area contributed by atoms with Crippen molar-refractivity contribution in [2.24, 2.45) is 11.7 Å². The Balaban J connectivity index is 3.62. The third-order valence-electron chi connectivity index (χ3n) is 1.64. The summed E-state index contributed by atoms with van der Waals surface area (Å²) in [5.74, 6) is 0.583. The number of likely N-dealkylation sites (N-methyl/N-ethyl adjacent to an activating group) is 1. The number of carbonyl (C=O) groups is 1. The van der Waals surface area contributed by atoms with Crippen molar-refractivity contribution in [1.29, 1.82) is 0 Å². The summed E-state index contributed by atoms with van der Waals surface area (Å²) in [6.45, 7) is 4.66. The van der Waals surface area contributed by atoms with Crippen molar-refractivity contribution >= 4 is 6.29 Å². The fourth-order valence-electron chi connectivity index (χ4n) is 0.916. The molecule has 66 valence electrons. The Bertz CT molecular complexity index is 115. The molecule has 0 amide bonds. The van der Waals surface area contributed by atoms with Crippen molar-refractivity contribution in [3.63, 3.8) is 0 Å². The van der Waals surface area contributed by atoms with Crippen molar-refractivity contribution in [1.82, 2.24) is 4.90 Å². The molecule has 0 aromatic carbocycles. The first-order valence-electron chi connectivity index (χ1n) is 3.97. The van der Waals surface area contributed by atoms with E-state index in [4.69, 9.17) is 5.73 Å². The lowest BCUT2D eigenvalue weighted by atomic mass is 10.1. The third-order valence-corrected chi connectivity index (χ3v) is 1.64. The minimum absolute atomic E-state index is 0.0141. The zero-order valence-electron chi connectivity index (χ0n) is 7.58. The van der Waals surface area contributed by atoms with Crippen LogP contribution in [0.2, 0.25) is 0 Å². The largest absolute Gasteiger partial charge is 0.316 e. The summed E-state index contributed by atoms with van der Waals surface area (Å²) in [4.78, 5) is 12.0. The van der Waals surface area contributed by atoms with Gasteiger partial charge in [-0.15, -0.1) is 0 Å². The van der Waals surface area contributed by atoms with E-state index in [0.717, 1.165) is 12.7 Å². The van der Waals surface area contributed by atoms with E-state index in [1.165, 1.54) is 0 Å². The SMILES string of the molecule is CC(C)C[C@H](N)N(C)CC=O. The average molecular weight is 158 g/mol. The number of nitrogens with two attached hydrogens (primary N) is 1. The Kier molecular flexibility index (Phi) is 5.07. The fraction of sp³-hybridized carbons (Fsp3) is 0.875. The van der Waals surface area contributed by atoms with Crippen molar-refractivity contribution < 1.29 is 4.79 Å². The monoisotopic (exact) mass is 158 g/mol. The molecule has 3 heteroatoms. The maximum atomic E-state index is 10.1. The van der Waals surface area contributed by atoms with E-state index in [-0.39, 0.29) is 6.17 Å². The van der Waals surface area contributed by atoms with Crippen LogP contribution in [0.3, 0.4) is 0 Å². The molecule has 1 atom stereocenters. The van der Waals surface area contributed by atoms with Crippen LogP contribution in [0.4, 0.5) is 0 Å². The molecule has 2 N–H and O–H groups in total. The second-order valence-corrected chi connectivity index (χ2v) is 3.30. The van der Waals surface area contributed by atoms with Crippen LogP contribution in [0.5, 0.6) is 0 Å². The normalized spacial score (nSPS) is 14.0. The summed E-state index contributed by atoms with van der Waals surface area (Å²) < 4.78 is 0. The predicted octanol–water partition coefficient (Wildman–Crippen LogP) is 0.448. The van der Waals surface area contributed by atoms with Gasteiger partial charge in [-0.3, -0.25) is 4.90 Å². The van der Waals surface area contributed by atoms with Gasteiger partial charge in [0, 0.05) is 0 Å². The first-order chi connectivity index (χ1) is 5.07. The molecule has 0 unspecified atom stereocenters. The number of hydrogen-bond acceptors (Lipinski definition) is 3. The van der Waals surface area contributed by atoms with E-state index >= 15 is 0 Å². The molecule has 0 radical (unpaired) electrons. The van der Waals surface area contributed by atoms with Crippen molar-refractivity contribution in [2.45, 2.75) is 26.4 Å². The Labute approximate surface area is 68.6 Å². The Morgan fingerprint density at radius 2 is 2.09 bits per heavy atom. The molecule has 0 aromatic rings. The van der Waals surface area contributed by atoms with E-state index in [1.807, 2.05) is 11.9 Å². The number of rotatable bonds is 5. The van der Waals surface area contributed by atoms with Gasteiger partial charge in [0.2, 0.25) is 0 Å². The summed E-state index contributed by atoms with van der Waals surface area (Å²) in [6, 6.07) is 0. The fourth-order valence-corrected chi connectivity index (χ4v) is 0.916. The van der Waals surface area contributed by atoms with Gasteiger partial charge in [-0.2, -0.15) is 0 Å². The summed E-state index contributed by atoms with van der Waals surface area (Å²) in [7, 11) is 1.86. The van der Waals surface area contributed by atoms with Gasteiger partial charge in [0.1, 0.15) is 6.29 Å². The molecule has 11 heavy (non-hydrogen) atoms. The molecule has 0 spiro atoms. The molecule has 0 aromatic heterocycles. The standard InChI is InChI=1S/C8H18N2O/c1-7(2)6-8(9)10(3)4-5-11/h5,7-8H,4,6,9H2,1-3H3/t8-/m1/s1. The summed E-state index contributed by atoms with van der Waals surface area (Å²) >= 11 is 0. The zero-order valence-corrected chi connectivity index (χ0v) is 7.58. The van der Waals surface area contributed by atoms with Gasteiger partial charge < -0.3 is 10.5 Å². The number of aldehydes is 1. The number of nitrogens with zero attached hydrogens (tertiary/aromatic N) is 1. The van der Waals surface area contributed by atoms with Crippen molar-refractivity contribution in [3.05, 3.63) is 0 Å². The molecule has 0 aliphatic heterocycles. The van der Waals surface area contributed by atoms with Crippen LogP contribution < -0.4 is 5.73 Å². The highest BCUT2D eigenvalue weighted by atomic mass is 16.1. The molecule has 0 aliphatic carbocycles. The topological polar surface area (TPSA) is 46.3 Å². The minimum atomic E-state index is 0.0141. The van der Waals surface area contributed by atoms with Gasteiger partial charge in [0.05, 0.1) is 12.7 Å². The van der Waals surface area contributed by atoms with Gasteiger partial charge >= 0.3 is 0 Å². The van der Waals surface area contributed by atoms with Gasteiger partial charge in [-0.1, -0.05) is 13.8 Å². The second-order valence-electron chi connectivity index (χ2n) is 3.30. The molecular weight excluding hydrogens is 140 g/mol. The molecule has 0 aliphatic rings. The van der Waals surface area contributed by atoms with Crippen molar-refractivity contribution in [2.75, 3.05) is 13.6 Å². The molecule has 0 saturated carbocycles. The van der Waals surface area contributed by atoms with Gasteiger partial charge in [0.25, 0.3) is 0 Å². The zero-order chi connectivity index (χ0) is 8.85. The molecule has 0 rings (SSSR count). The van der Waals surface area contributed by atoms with Crippen LogP contribution in [0, 0.1) is 5.92 Å². The van der Waals surface area contributed by atoms with Crippen molar-refractivity contribution in [3.8, 4) is 0 Å². The quantitative estimate of drug-likeness (QED) is 0.466. The third kappa shape index (κ3) is 4.93. The van der Waals surface area contributed by atoms with Crippen LogP contribution in [-0.4, -0.2) is 30.9 Å². The van der Waals surface area contributed by atoms with E-state index in [1.54, 1.807) is 0 Å². The molecule has 3 nitrogen and oxygen atoms in total. The number of hydrogen-bond donors (Lipinski definition) is 1. The smallest absolute Gasteiger partial charge is 0.134 e. The van der Waals surface area contributed by atoms with E-state index in [2.05, 4.69) is 13.8 Å². The van der Waals surface area contributed by atoms with Crippen LogP contribution >= 0.6 is 0 Å². The maximum Gasteiger partial charge on any atom is 0.134 e. The summed E-state index contributed by atoms with van der Waals surface area (Å²) in [5.41, 5.74) is 5.77. The molecule has 0 fully saturated rings. The van der Waals surface area contributed by atoms with Crippen LogP contribution in [0.25, 0.3) is 0 Å². The van der Waals surface area contributed by atoms with E-state index in [0.29, 0.717) is 12.5 Å². The summed E-state index contributed by atoms with van der Waals surface area (Å²) in [6.07, 6.45) is 1.82. The Hall–Kier alpha value is -0.410. The molecule has 0 saturated heterocycles. The van der Waals surface area contributed by atoms with Gasteiger partial charge in [-0.25, -0.2) is 0 Å². The van der Waals surface area contributed by atoms with Crippen LogP contribution in [-0.2, 0) is 4.79 Å². The Morgan fingerprint density at radius 3 is 2.45 bits per heavy atom. The lowest BCUT2D eigenvalue weighted by Gasteiger charge is -2.23. The van der Waals surface area contributed by atoms with E-state index < -0.39 is 0 Å². The van der Waals surface area contributed by atoms with Crippen LogP contribution in [0.15, 0.2) is 0 Å². The highest BCUT2D eigenvalue weighted by Gasteiger charge is 2.09. The highest BCUT2D eigenvalue weighted by molar-refractivity contribution is 5.51. The first kappa shape index (κ1) is 10.6. The number of carbonyl (C=O) groups excluding carboxylic acids is 1. The van der Waals surface area contributed by atoms with Gasteiger partial charge in [-0.05, 0) is 19.4 Å². The molecular formula is C8H18N2O. The summed E-state index contributed by atoms with van der Waals surface area (Å²) in [5, 5.41) is 0.